The van der Waals surface area contributed by atoms with Gasteiger partial charge >= 0.3 is 5.97 Å². The summed E-state index contributed by atoms with van der Waals surface area (Å²) in [7, 11) is 0. The first-order valence-corrected chi connectivity index (χ1v) is 10.3. The number of hydrogen-bond donors (Lipinski definition) is 1. The van der Waals surface area contributed by atoms with Crippen LogP contribution in [-0.4, -0.2) is 33.2 Å². The average molecular weight is 426 g/mol. The van der Waals surface area contributed by atoms with Gasteiger partial charge in [-0.15, -0.1) is 0 Å². The van der Waals surface area contributed by atoms with Crippen LogP contribution in [0.25, 0.3) is 17.1 Å². The zero-order valence-corrected chi connectivity index (χ0v) is 17.6. The zero-order chi connectivity index (χ0) is 22.3. The van der Waals surface area contributed by atoms with E-state index in [-0.39, 0.29) is 24.6 Å². The van der Waals surface area contributed by atoms with Crippen molar-refractivity contribution in [3.8, 4) is 17.1 Å². The van der Waals surface area contributed by atoms with E-state index in [4.69, 9.17) is 4.74 Å². The molecule has 4 rings (SSSR count). The summed E-state index contributed by atoms with van der Waals surface area (Å²) in [6.45, 7) is 2.00. The predicted molar refractivity (Wildman–Crippen MR) is 122 cm³/mol. The third-order valence-electron chi connectivity index (χ3n) is 4.71. The Morgan fingerprint density at radius 3 is 2.53 bits per heavy atom. The van der Waals surface area contributed by atoms with Gasteiger partial charge in [0.25, 0.3) is 0 Å². The second kappa shape index (κ2) is 9.70. The van der Waals surface area contributed by atoms with E-state index in [9.17, 15) is 9.59 Å². The number of aromatic nitrogens is 3. The third kappa shape index (κ3) is 4.89. The molecule has 2 heterocycles. The molecule has 32 heavy (non-hydrogen) atoms. The topological polar surface area (TPSA) is 86.1 Å². The van der Waals surface area contributed by atoms with Crippen LogP contribution in [0.15, 0.2) is 85.1 Å². The highest BCUT2D eigenvalue weighted by molar-refractivity contribution is 5.93. The lowest BCUT2D eigenvalue weighted by Gasteiger charge is -2.09. The molecule has 1 N–H and O–H groups in total. The average Bonchev–Trinajstić information content (AvgIpc) is 3.26. The van der Waals surface area contributed by atoms with Gasteiger partial charge in [0.2, 0.25) is 5.91 Å². The van der Waals surface area contributed by atoms with Crippen LogP contribution in [0, 0.1) is 0 Å². The van der Waals surface area contributed by atoms with E-state index in [1.165, 1.54) is 0 Å². The summed E-state index contributed by atoms with van der Waals surface area (Å²) >= 11 is 0. The number of ether oxygens (including phenoxy) is 1. The molecule has 1 amide bonds. The summed E-state index contributed by atoms with van der Waals surface area (Å²) in [5.74, 6) is -0.0499. The largest absolute Gasteiger partial charge is 0.461 e. The molecule has 7 nitrogen and oxygen atoms in total. The maximum atomic E-state index is 12.5. The fraction of sp³-hybridized carbons (Fsp3) is 0.120. The van der Waals surface area contributed by atoms with E-state index in [1.807, 2.05) is 66.7 Å². The number of carbonyl (C=O) groups excluding carboxylic acids is 2. The summed E-state index contributed by atoms with van der Waals surface area (Å²) in [5, 5.41) is 7.35. The van der Waals surface area contributed by atoms with Gasteiger partial charge < -0.3 is 10.1 Å². The lowest BCUT2D eigenvalue weighted by Crippen LogP contribution is -2.14. The van der Waals surface area contributed by atoms with Crippen LogP contribution in [0.1, 0.15) is 23.0 Å². The number of pyridine rings is 1. The van der Waals surface area contributed by atoms with Crippen LogP contribution in [0.4, 0.5) is 5.69 Å². The molecule has 0 radical (unpaired) electrons. The monoisotopic (exact) mass is 426 g/mol. The number of hydrogen-bond acceptors (Lipinski definition) is 5. The fourth-order valence-corrected chi connectivity index (χ4v) is 3.29. The Labute approximate surface area is 185 Å². The van der Waals surface area contributed by atoms with Gasteiger partial charge in [-0.2, -0.15) is 5.10 Å². The molecule has 160 valence electrons. The Balaban J connectivity index is 1.64. The lowest BCUT2D eigenvalue weighted by atomic mass is 10.1. The number of nitrogens with one attached hydrogen (secondary N) is 1. The molecule has 2 aromatic heterocycles. The van der Waals surface area contributed by atoms with Crippen molar-refractivity contribution in [1.82, 2.24) is 14.8 Å². The van der Waals surface area contributed by atoms with Crippen LogP contribution < -0.4 is 5.32 Å². The number of esters is 1. The number of rotatable bonds is 7. The molecule has 0 fully saturated rings. The molecular weight excluding hydrogens is 404 g/mol. The quantitative estimate of drug-likeness (QED) is 0.446. The molecule has 0 saturated heterocycles. The summed E-state index contributed by atoms with van der Waals surface area (Å²) in [5.41, 5.74) is 3.21. The maximum Gasteiger partial charge on any atom is 0.358 e. The second-order valence-corrected chi connectivity index (χ2v) is 7.03. The molecule has 0 aliphatic heterocycles. The first-order valence-electron chi connectivity index (χ1n) is 10.3. The smallest absolute Gasteiger partial charge is 0.358 e. The van der Waals surface area contributed by atoms with E-state index >= 15 is 0 Å². The highest BCUT2D eigenvalue weighted by atomic mass is 16.5. The van der Waals surface area contributed by atoms with Crippen LogP contribution in [-0.2, 0) is 16.0 Å². The number of benzene rings is 2. The summed E-state index contributed by atoms with van der Waals surface area (Å²) in [6, 6.07) is 24.1. The molecule has 7 heteroatoms. The van der Waals surface area contributed by atoms with Gasteiger partial charge in [0.1, 0.15) is 0 Å². The van der Waals surface area contributed by atoms with Gasteiger partial charge in [-0.1, -0.05) is 48.5 Å². The molecule has 0 spiro atoms. The molecule has 2 aromatic carbocycles. The van der Waals surface area contributed by atoms with Gasteiger partial charge in [0, 0.05) is 17.4 Å². The van der Waals surface area contributed by atoms with Gasteiger partial charge in [-0.3, -0.25) is 4.79 Å². The van der Waals surface area contributed by atoms with Crippen LogP contribution in [0.2, 0.25) is 0 Å². The number of nitrogens with zero attached hydrogens (tertiary/aromatic N) is 3. The molecule has 0 bridgehead atoms. The normalized spacial score (nSPS) is 10.5. The van der Waals surface area contributed by atoms with Crippen molar-refractivity contribution in [2.75, 3.05) is 11.9 Å². The van der Waals surface area contributed by atoms with Gasteiger partial charge in [0.05, 0.1) is 18.7 Å². The first kappa shape index (κ1) is 21.0. The molecule has 0 saturated carbocycles. The Morgan fingerprint density at radius 1 is 0.969 bits per heavy atom. The molecule has 0 unspecified atom stereocenters. The second-order valence-electron chi connectivity index (χ2n) is 7.03. The minimum Gasteiger partial charge on any atom is -0.461 e. The van der Waals surface area contributed by atoms with Crippen molar-refractivity contribution in [2.24, 2.45) is 0 Å². The van der Waals surface area contributed by atoms with Gasteiger partial charge in [0.15, 0.2) is 11.5 Å². The minimum atomic E-state index is -0.504. The van der Waals surface area contributed by atoms with Crippen molar-refractivity contribution in [1.29, 1.82) is 0 Å². The van der Waals surface area contributed by atoms with Crippen molar-refractivity contribution in [3.05, 3.63) is 96.3 Å². The summed E-state index contributed by atoms with van der Waals surface area (Å²) in [4.78, 5) is 29.1. The van der Waals surface area contributed by atoms with Crippen LogP contribution in [0.3, 0.4) is 0 Å². The van der Waals surface area contributed by atoms with Crippen molar-refractivity contribution < 1.29 is 14.3 Å². The summed E-state index contributed by atoms with van der Waals surface area (Å²) < 4.78 is 6.70. The zero-order valence-electron chi connectivity index (χ0n) is 17.6. The summed E-state index contributed by atoms with van der Waals surface area (Å²) in [6.07, 6.45) is 1.94. The van der Waals surface area contributed by atoms with Crippen molar-refractivity contribution in [2.45, 2.75) is 13.3 Å². The lowest BCUT2D eigenvalue weighted by molar-refractivity contribution is -0.115. The number of anilines is 1. The number of amides is 1. The van der Waals surface area contributed by atoms with Crippen molar-refractivity contribution in [3.63, 3.8) is 0 Å². The van der Waals surface area contributed by atoms with E-state index in [0.29, 0.717) is 17.2 Å². The number of carbonyl (C=O) groups is 2. The standard InChI is InChI=1S/C25H22N4O3/c1-2-32-25(31)21-17-22(29(28-21)23-13-6-7-14-26-23)19-11-8-12-20(16-19)27-24(30)15-18-9-4-3-5-10-18/h3-14,16-17H,2,15H2,1H3,(H,27,30). The van der Waals surface area contributed by atoms with E-state index < -0.39 is 5.97 Å². The Morgan fingerprint density at radius 2 is 1.78 bits per heavy atom. The Hall–Kier alpha value is -4.26. The Kier molecular flexibility index (Phi) is 6.36. The van der Waals surface area contributed by atoms with Gasteiger partial charge in [-0.05, 0) is 42.8 Å². The molecule has 0 aliphatic rings. The van der Waals surface area contributed by atoms with Crippen LogP contribution >= 0.6 is 0 Å². The van der Waals surface area contributed by atoms with Gasteiger partial charge in [-0.25, -0.2) is 14.5 Å². The Bertz CT molecular complexity index is 1220. The van der Waals surface area contributed by atoms with E-state index in [1.54, 1.807) is 29.9 Å². The van der Waals surface area contributed by atoms with E-state index in [2.05, 4.69) is 15.4 Å². The first-order chi connectivity index (χ1) is 15.6. The molecule has 4 aromatic rings. The maximum absolute atomic E-state index is 12.5. The van der Waals surface area contributed by atoms with Crippen LogP contribution in [0.5, 0.6) is 0 Å². The SMILES string of the molecule is CCOC(=O)c1cc(-c2cccc(NC(=O)Cc3ccccc3)c2)n(-c2ccccn2)n1. The molecular formula is C25H22N4O3. The van der Waals surface area contributed by atoms with E-state index in [0.717, 1.165) is 11.1 Å². The fourth-order valence-electron chi connectivity index (χ4n) is 3.29. The molecule has 0 aliphatic carbocycles. The molecule has 0 atom stereocenters. The van der Waals surface area contributed by atoms with Crippen molar-refractivity contribution >= 4 is 17.6 Å². The third-order valence-corrected chi connectivity index (χ3v) is 4.71. The highest BCUT2D eigenvalue weighted by Crippen LogP contribution is 2.26. The highest BCUT2D eigenvalue weighted by Gasteiger charge is 2.18. The predicted octanol–water partition coefficient (Wildman–Crippen LogP) is 4.29. The minimum absolute atomic E-state index is 0.112.